The van der Waals surface area contributed by atoms with Gasteiger partial charge in [0, 0.05) is 17.0 Å². The third-order valence-corrected chi connectivity index (χ3v) is 4.56. The van der Waals surface area contributed by atoms with Crippen molar-refractivity contribution >= 4 is 16.9 Å². The van der Waals surface area contributed by atoms with Gasteiger partial charge in [0.1, 0.15) is 12.2 Å². The van der Waals surface area contributed by atoms with E-state index in [1.165, 1.54) is 11.6 Å². The third-order valence-electron chi connectivity index (χ3n) is 4.56. The lowest BCUT2D eigenvalue weighted by Gasteiger charge is -2.09. The van der Waals surface area contributed by atoms with Gasteiger partial charge in [-0.15, -0.1) is 0 Å². The normalized spacial score (nSPS) is 13.0. The lowest BCUT2D eigenvalue weighted by molar-refractivity contribution is 0.0473. The van der Waals surface area contributed by atoms with E-state index >= 15 is 0 Å². The van der Waals surface area contributed by atoms with Crippen molar-refractivity contribution in [2.24, 2.45) is 0 Å². The number of benzene rings is 2. The average molecular weight is 356 g/mol. The number of carbonyl (C=O) groups is 1. The molecule has 1 aliphatic rings. The number of carbonyl (C=O) groups excluding carboxylic acids is 1. The third kappa shape index (κ3) is 2.98. The monoisotopic (exact) mass is 356 g/mol. The number of esters is 1. The fourth-order valence-corrected chi connectivity index (χ4v) is 3.26. The van der Waals surface area contributed by atoms with Gasteiger partial charge in [-0.2, -0.15) is 0 Å². The summed E-state index contributed by atoms with van der Waals surface area (Å²) in [7, 11) is 0. The summed E-state index contributed by atoms with van der Waals surface area (Å²) in [4.78, 5) is 23.9. The summed E-state index contributed by atoms with van der Waals surface area (Å²) in [5, 5.41) is 0.711. The Morgan fingerprint density at radius 3 is 2.58 bits per heavy atom. The predicted octanol–water partition coefficient (Wildman–Crippen LogP) is 3.92. The molecule has 0 N–H and O–H groups in total. The number of hydrogen-bond donors (Lipinski definition) is 0. The molecule has 0 fully saturated rings. The smallest absolute Gasteiger partial charge is 0.338 e. The zero-order valence-corrected chi connectivity index (χ0v) is 13.7. The van der Waals surface area contributed by atoms with E-state index in [1.807, 2.05) is 12.1 Å². The Kier molecular flexibility index (Phi) is 4.03. The van der Waals surface area contributed by atoms with Crippen LogP contribution in [0, 0.1) is 11.6 Å². The van der Waals surface area contributed by atoms with Gasteiger partial charge in [0.25, 0.3) is 0 Å². The van der Waals surface area contributed by atoms with E-state index in [1.54, 1.807) is 0 Å². The Morgan fingerprint density at radius 2 is 1.81 bits per heavy atom. The summed E-state index contributed by atoms with van der Waals surface area (Å²) in [5.41, 5.74) is 2.70. The van der Waals surface area contributed by atoms with E-state index in [0.717, 1.165) is 43.0 Å². The molecule has 0 amide bonds. The second kappa shape index (κ2) is 6.37. The topological polar surface area (TPSA) is 56.5 Å². The summed E-state index contributed by atoms with van der Waals surface area (Å²) in [6, 6.07) is 7.89. The molecule has 4 nitrogen and oxygen atoms in total. The Bertz CT molecular complexity index is 1090. The first-order chi connectivity index (χ1) is 12.5. The van der Waals surface area contributed by atoms with Crippen molar-refractivity contribution < 1.29 is 22.7 Å². The number of ether oxygens (including phenoxy) is 1. The van der Waals surface area contributed by atoms with E-state index in [4.69, 9.17) is 9.15 Å². The zero-order valence-electron chi connectivity index (χ0n) is 13.7. The van der Waals surface area contributed by atoms with Crippen molar-refractivity contribution in [3.05, 3.63) is 80.7 Å². The first kappa shape index (κ1) is 16.4. The van der Waals surface area contributed by atoms with Crippen LogP contribution in [0.15, 0.2) is 45.6 Å². The van der Waals surface area contributed by atoms with Crippen molar-refractivity contribution in [3.63, 3.8) is 0 Å². The maximum atomic E-state index is 13.3. The van der Waals surface area contributed by atoms with Gasteiger partial charge in [-0.05, 0) is 60.7 Å². The Labute approximate surface area is 147 Å². The Morgan fingerprint density at radius 1 is 1.04 bits per heavy atom. The molecule has 0 saturated carbocycles. The van der Waals surface area contributed by atoms with Crippen molar-refractivity contribution in [2.45, 2.75) is 25.9 Å². The highest BCUT2D eigenvalue weighted by Gasteiger charge is 2.17. The maximum absolute atomic E-state index is 13.3. The van der Waals surface area contributed by atoms with Crippen LogP contribution in [0.25, 0.3) is 11.0 Å². The van der Waals surface area contributed by atoms with Gasteiger partial charge in [-0.3, -0.25) is 0 Å². The van der Waals surface area contributed by atoms with Gasteiger partial charge in [0.15, 0.2) is 11.6 Å². The van der Waals surface area contributed by atoms with Crippen LogP contribution in [0.5, 0.6) is 0 Å². The number of fused-ring (bicyclic) bond motifs is 2. The van der Waals surface area contributed by atoms with Crippen LogP contribution in [0.1, 0.15) is 33.5 Å². The molecule has 1 aromatic heterocycles. The van der Waals surface area contributed by atoms with Gasteiger partial charge in [-0.25, -0.2) is 18.4 Å². The van der Waals surface area contributed by atoms with Crippen LogP contribution in [0.2, 0.25) is 0 Å². The zero-order chi connectivity index (χ0) is 18.3. The molecule has 0 unspecified atom stereocenters. The largest absolute Gasteiger partial charge is 0.457 e. The summed E-state index contributed by atoms with van der Waals surface area (Å²) < 4.78 is 36.7. The molecule has 0 spiro atoms. The Hall–Kier alpha value is -3.02. The quantitative estimate of drug-likeness (QED) is 0.527. The molecule has 1 aliphatic carbocycles. The molecule has 0 radical (unpaired) electrons. The number of rotatable bonds is 3. The highest BCUT2D eigenvalue weighted by Crippen LogP contribution is 2.28. The van der Waals surface area contributed by atoms with Crippen molar-refractivity contribution in [3.8, 4) is 0 Å². The summed E-state index contributed by atoms with van der Waals surface area (Å²) >= 11 is 0. The lowest BCUT2D eigenvalue weighted by atomic mass is 10.0. The fraction of sp³-hybridized carbons (Fsp3) is 0.200. The van der Waals surface area contributed by atoms with Gasteiger partial charge in [-0.1, -0.05) is 0 Å². The first-order valence-electron chi connectivity index (χ1n) is 8.22. The molecule has 0 saturated heterocycles. The lowest BCUT2D eigenvalue weighted by Crippen LogP contribution is -2.08. The van der Waals surface area contributed by atoms with Gasteiger partial charge in [0.2, 0.25) is 0 Å². The molecule has 26 heavy (non-hydrogen) atoms. The molecule has 2 aromatic carbocycles. The van der Waals surface area contributed by atoms with Crippen LogP contribution in [-0.2, 0) is 24.2 Å². The number of halogens is 2. The molecule has 132 valence electrons. The molecule has 6 heteroatoms. The molecule has 0 bridgehead atoms. The number of hydrogen-bond acceptors (Lipinski definition) is 4. The Balaban J connectivity index is 1.63. The minimum Gasteiger partial charge on any atom is -0.457 e. The summed E-state index contributed by atoms with van der Waals surface area (Å²) in [6.45, 7) is -0.168. The minimum absolute atomic E-state index is 0.0999. The van der Waals surface area contributed by atoms with E-state index in [9.17, 15) is 18.4 Å². The van der Waals surface area contributed by atoms with E-state index < -0.39 is 23.2 Å². The highest BCUT2D eigenvalue weighted by atomic mass is 19.2. The van der Waals surface area contributed by atoms with Crippen LogP contribution in [0.3, 0.4) is 0 Å². The second-order valence-corrected chi connectivity index (χ2v) is 6.27. The average Bonchev–Trinajstić information content (AvgIpc) is 3.07. The van der Waals surface area contributed by atoms with Gasteiger partial charge >= 0.3 is 11.6 Å². The molecule has 3 aromatic rings. The van der Waals surface area contributed by atoms with Crippen LogP contribution >= 0.6 is 0 Å². The second-order valence-electron chi connectivity index (χ2n) is 6.27. The van der Waals surface area contributed by atoms with E-state index in [-0.39, 0.29) is 12.2 Å². The van der Waals surface area contributed by atoms with E-state index in [0.29, 0.717) is 16.5 Å². The van der Waals surface area contributed by atoms with Crippen LogP contribution in [0.4, 0.5) is 8.78 Å². The van der Waals surface area contributed by atoms with Gasteiger partial charge < -0.3 is 9.15 Å². The number of aryl methyl sites for hydroxylation is 2. The summed E-state index contributed by atoms with van der Waals surface area (Å²) in [6.07, 6.45) is 2.96. The summed E-state index contributed by atoms with van der Waals surface area (Å²) in [5.74, 6) is -2.96. The molecular formula is C20H14F2O4. The predicted molar refractivity (Wildman–Crippen MR) is 90.0 cm³/mol. The van der Waals surface area contributed by atoms with Crippen molar-refractivity contribution in [1.29, 1.82) is 0 Å². The SMILES string of the molecule is O=C(OCc1cc(=O)oc2cc3c(cc12)CCC3)c1ccc(F)c(F)c1. The first-order valence-corrected chi connectivity index (χ1v) is 8.22. The molecule has 0 atom stereocenters. The standard InChI is InChI=1S/C20H14F2O4/c21-16-5-4-13(7-17(16)22)20(24)25-10-14-9-19(23)26-18-8-12-3-1-2-11(12)6-15(14)18/h4-9H,1-3,10H2. The highest BCUT2D eigenvalue weighted by molar-refractivity contribution is 5.89. The molecule has 1 heterocycles. The van der Waals surface area contributed by atoms with Crippen LogP contribution < -0.4 is 5.63 Å². The molecular weight excluding hydrogens is 342 g/mol. The van der Waals surface area contributed by atoms with E-state index in [2.05, 4.69) is 0 Å². The van der Waals surface area contributed by atoms with Gasteiger partial charge in [0.05, 0.1) is 5.56 Å². The van der Waals surface area contributed by atoms with Crippen LogP contribution in [-0.4, -0.2) is 5.97 Å². The molecule has 0 aliphatic heterocycles. The minimum atomic E-state index is -1.12. The van der Waals surface area contributed by atoms with Crippen molar-refractivity contribution in [1.82, 2.24) is 0 Å². The molecule has 4 rings (SSSR count). The maximum Gasteiger partial charge on any atom is 0.338 e. The van der Waals surface area contributed by atoms with Crippen molar-refractivity contribution in [2.75, 3.05) is 0 Å². The fourth-order valence-electron chi connectivity index (χ4n) is 3.26.